The number of hydrogen-bond acceptors (Lipinski definition) is 4. The molecule has 0 aliphatic heterocycles. The van der Waals surface area contributed by atoms with Crippen LogP contribution < -0.4 is 5.59 Å². The van der Waals surface area contributed by atoms with Gasteiger partial charge in [0.25, 0.3) is 0 Å². The van der Waals surface area contributed by atoms with Crippen molar-refractivity contribution in [2.45, 2.75) is 20.0 Å². The molecule has 6 heteroatoms. The number of ether oxygens (including phenoxy) is 1. The maximum Gasteiger partial charge on any atom is 0.506 e. The van der Waals surface area contributed by atoms with Crippen LogP contribution in [0.3, 0.4) is 0 Å². The second-order valence-corrected chi connectivity index (χ2v) is 3.11. The van der Waals surface area contributed by atoms with Crippen LogP contribution in [0.4, 0.5) is 4.79 Å². The summed E-state index contributed by atoms with van der Waals surface area (Å²) < 4.78 is 5.95. The Bertz CT molecular complexity index is 321. The number of aromatic nitrogens is 1. The predicted octanol–water partition coefficient (Wildman–Crippen LogP) is -0.439. The lowest BCUT2D eigenvalue weighted by Gasteiger charge is -2.10. The Morgan fingerprint density at radius 3 is 2.71 bits per heavy atom. The van der Waals surface area contributed by atoms with E-state index in [1.807, 2.05) is 0 Å². The fourth-order valence-electron chi connectivity index (χ4n) is 1.03. The molecule has 0 radical (unpaired) electrons. The monoisotopic (exact) mass is 197 g/mol. The Kier molecular flexibility index (Phi) is 3.32. The molecule has 14 heavy (non-hydrogen) atoms. The third-order valence-corrected chi connectivity index (χ3v) is 1.58. The van der Waals surface area contributed by atoms with Crippen molar-refractivity contribution in [3.8, 4) is 0 Å². The van der Waals surface area contributed by atoms with Gasteiger partial charge in [-0.1, -0.05) is 0 Å². The van der Waals surface area contributed by atoms with Crippen LogP contribution in [0.5, 0.6) is 0 Å². The zero-order valence-corrected chi connectivity index (χ0v) is 8.04. The molecule has 5 nitrogen and oxygen atoms in total. The van der Waals surface area contributed by atoms with Gasteiger partial charge in [-0.25, -0.2) is 4.79 Å². The SMILES string of the molecule is CC(C)OC(=O)n1cccc1B(O)O. The minimum absolute atomic E-state index is 0.0932. The summed E-state index contributed by atoms with van der Waals surface area (Å²) >= 11 is 0. The van der Waals surface area contributed by atoms with Crippen LogP contribution >= 0.6 is 0 Å². The molecule has 0 fully saturated rings. The van der Waals surface area contributed by atoms with Crippen molar-refractivity contribution in [1.29, 1.82) is 0 Å². The molecule has 0 aliphatic carbocycles. The predicted molar refractivity (Wildman–Crippen MR) is 51.3 cm³/mol. The molecule has 1 aromatic heterocycles. The van der Waals surface area contributed by atoms with Crippen LogP contribution in [0.25, 0.3) is 0 Å². The maximum absolute atomic E-state index is 11.4. The van der Waals surface area contributed by atoms with Gasteiger partial charge in [0.2, 0.25) is 0 Å². The molecule has 0 saturated carbocycles. The van der Waals surface area contributed by atoms with Gasteiger partial charge in [0.1, 0.15) is 0 Å². The summed E-state index contributed by atoms with van der Waals surface area (Å²) in [5.41, 5.74) is 0.0932. The lowest BCUT2D eigenvalue weighted by molar-refractivity contribution is 0.117. The average Bonchev–Trinajstić information content (AvgIpc) is 2.49. The molecule has 0 bridgehead atoms. The van der Waals surface area contributed by atoms with Crippen molar-refractivity contribution in [2.75, 3.05) is 0 Å². The summed E-state index contributed by atoms with van der Waals surface area (Å²) in [6.45, 7) is 3.44. The summed E-state index contributed by atoms with van der Waals surface area (Å²) in [5, 5.41) is 17.8. The summed E-state index contributed by atoms with van der Waals surface area (Å²) in [4.78, 5) is 11.4. The number of carbonyl (C=O) groups is 1. The summed E-state index contributed by atoms with van der Waals surface area (Å²) in [6, 6.07) is 2.97. The molecule has 0 saturated heterocycles. The Hall–Kier alpha value is -1.27. The average molecular weight is 197 g/mol. The zero-order chi connectivity index (χ0) is 10.7. The molecule has 2 N–H and O–H groups in total. The molecule has 0 amide bonds. The fraction of sp³-hybridized carbons (Fsp3) is 0.375. The van der Waals surface area contributed by atoms with Crippen LogP contribution in [0, 0.1) is 0 Å². The second-order valence-electron chi connectivity index (χ2n) is 3.11. The molecule has 0 atom stereocenters. The van der Waals surface area contributed by atoms with Crippen molar-refractivity contribution in [3.05, 3.63) is 18.3 Å². The zero-order valence-electron chi connectivity index (χ0n) is 8.04. The second kappa shape index (κ2) is 4.30. The van der Waals surface area contributed by atoms with Crippen LogP contribution in [-0.2, 0) is 4.74 Å². The number of hydrogen-bond donors (Lipinski definition) is 2. The molecule has 0 spiro atoms. The summed E-state index contributed by atoms with van der Waals surface area (Å²) in [6.07, 6.45) is 0.557. The highest BCUT2D eigenvalue weighted by Crippen LogP contribution is 1.96. The van der Waals surface area contributed by atoms with Crippen molar-refractivity contribution in [2.24, 2.45) is 0 Å². The van der Waals surface area contributed by atoms with E-state index >= 15 is 0 Å². The maximum atomic E-state index is 11.4. The first kappa shape index (κ1) is 10.8. The van der Waals surface area contributed by atoms with Gasteiger partial charge < -0.3 is 14.8 Å². The van der Waals surface area contributed by atoms with Crippen LogP contribution in [0.2, 0.25) is 0 Å². The standard InChI is InChI=1S/C8H12BNO4/c1-6(2)14-8(11)10-5-3-4-7(10)9(12)13/h3-6,12-13H,1-2H3. The van der Waals surface area contributed by atoms with Crippen molar-refractivity contribution in [3.63, 3.8) is 0 Å². The Balaban J connectivity index is 2.84. The number of carbonyl (C=O) groups excluding carboxylic acids is 1. The largest absolute Gasteiger partial charge is 0.506 e. The van der Waals surface area contributed by atoms with Crippen LogP contribution in [0.15, 0.2) is 18.3 Å². The normalized spacial score (nSPS) is 10.4. The molecular weight excluding hydrogens is 185 g/mol. The van der Waals surface area contributed by atoms with Gasteiger partial charge in [0.05, 0.1) is 11.7 Å². The van der Waals surface area contributed by atoms with Gasteiger partial charge in [0.15, 0.2) is 0 Å². The first-order chi connectivity index (χ1) is 6.52. The minimum atomic E-state index is -1.68. The van der Waals surface area contributed by atoms with E-state index in [1.54, 1.807) is 13.8 Å². The molecule has 1 aromatic rings. The minimum Gasteiger partial charge on any atom is -0.446 e. The van der Waals surface area contributed by atoms with Crippen molar-refractivity contribution < 1.29 is 19.6 Å². The van der Waals surface area contributed by atoms with Crippen molar-refractivity contribution in [1.82, 2.24) is 4.57 Å². The van der Waals surface area contributed by atoms with E-state index in [0.717, 1.165) is 4.57 Å². The third kappa shape index (κ3) is 2.37. The van der Waals surface area contributed by atoms with Crippen molar-refractivity contribution >= 4 is 18.8 Å². The highest BCUT2D eigenvalue weighted by atomic mass is 16.6. The molecule has 0 aliphatic rings. The highest BCUT2D eigenvalue weighted by molar-refractivity contribution is 6.58. The van der Waals surface area contributed by atoms with Crippen LogP contribution in [0.1, 0.15) is 13.8 Å². The van der Waals surface area contributed by atoms with Gasteiger partial charge in [0, 0.05) is 6.20 Å². The smallest absolute Gasteiger partial charge is 0.446 e. The molecule has 1 heterocycles. The van der Waals surface area contributed by atoms with E-state index in [0.29, 0.717) is 0 Å². The number of nitrogens with zero attached hydrogens (tertiary/aromatic N) is 1. The highest BCUT2D eigenvalue weighted by Gasteiger charge is 2.20. The van der Waals surface area contributed by atoms with Gasteiger partial charge in [-0.3, -0.25) is 4.57 Å². The van der Waals surface area contributed by atoms with Gasteiger partial charge in [-0.2, -0.15) is 0 Å². The molecule has 0 aromatic carbocycles. The van der Waals surface area contributed by atoms with E-state index in [9.17, 15) is 4.79 Å². The topological polar surface area (TPSA) is 71.7 Å². The van der Waals surface area contributed by atoms with E-state index in [4.69, 9.17) is 14.8 Å². The number of rotatable bonds is 2. The third-order valence-electron chi connectivity index (χ3n) is 1.58. The lowest BCUT2D eigenvalue weighted by atomic mass is 9.86. The summed E-state index contributed by atoms with van der Waals surface area (Å²) in [5.74, 6) is 0. The Morgan fingerprint density at radius 2 is 2.21 bits per heavy atom. The quantitative estimate of drug-likeness (QED) is 0.630. The molecule has 1 rings (SSSR count). The van der Waals surface area contributed by atoms with E-state index in [2.05, 4.69) is 0 Å². The first-order valence-corrected chi connectivity index (χ1v) is 4.26. The first-order valence-electron chi connectivity index (χ1n) is 4.26. The van der Waals surface area contributed by atoms with Gasteiger partial charge >= 0.3 is 13.2 Å². The molecule has 76 valence electrons. The Morgan fingerprint density at radius 1 is 1.57 bits per heavy atom. The summed E-state index contributed by atoms with van der Waals surface area (Å²) in [7, 11) is -1.68. The van der Waals surface area contributed by atoms with E-state index in [-0.39, 0.29) is 11.7 Å². The lowest BCUT2D eigenvalue weighted by Crippen LogP contribution is -2.39. The Labute approximate surface area is 82.1 Å². The van der Waals surface area contributed by atoms with E-state index < -0.39 is 13.2 Å². The van der Waals surface area contributed by atoms with Crippen LogP contribution in [-0.4, -0.2) is 33.9 Å². The fourth-order valence-corrected chi connectivity index (χ4v) is 1.03. The molecular formula is C8H12BNO4. The van der Waals surface area contributed by atoms with E-state index in [1.165, 1.54) is 18.3 Å². The van der Waals surface area contributed by atoms with Gasteiger partial charge in [-0.15, -0.1) is 0 Å². The molecule has 0 unspecified atom stereocenters. The van der Waals surface area contributed by atoms with Gasteiger partial charge in [-0.05, 0) is 26.0 Å².